The molecule has 1 aromatic rings. The summed E-state index contributed by atoms with van der Waals surface area (Å²) < 4.78 is 39.5. The van der Waals surface area contributed by atoms with Gasteiger partial charge in [0.1, 0.15) is 11.7 Å². The Morgan fingerprint density at radius 2 is 1.70 bits per heavy atom. The predicted octanol–water partition coefficient (Wildman–Crippen LogP) is 1.40. The zero-order valence-corrected chi connectivity index (χ0v) is 26.9. The molecule has 0 bridgehead atoms. The molecule has 2 heterocycles. The minimum atomic E-state index is -2.42. The number of rotatable bonds is 17. The molecule has 16 nitrogen and oxygen atoms in total. The van der Waals surface area contributed by atoms with Gasteiger partial charge in [-0.3, -0.25) is 23.9 Å². The Morgan fingerprint density at radius 1 is 1.16 bits per heavy atom. The summed E-state index contributed by atoms with van der Waals surface area (Å²) in [4.78, 5) is 53.0. The van der Waals surface area contributed by atoms with Crippen molar-refractivity contribution in [2.24, 2.45) is 15.9 Å². The lowest BCUT2D eigenvalue weighted by Crippen LogP contribution is -2.40. The summed E-state index contributed by atoms with van der Waals surface area (Å²) in [6.45, 7) is 4.82. The van der Waals surface area contributed by atoms with Crippen molar-refractivity contribution < 1.29 is 47.6 Å². The van der Waals surface area contributed by atoms with Gasteiger partial charge < -0.3 is 33.6 Å². The highest BCUT2D eigenvalue weighted by Crippen LogP contribution is 2.67. The average molecular weight is 684 g/mol. The van der Waals surface area contributed by atoms with Crippen LogP contribution < -0.4 is 11.2 Å². The van der Waals surface area contributed by atoms with Crippen molar-refractivity contribution in [1.82, 2.24) is 9.55 Å². The van der Waals surface area contributed by atoms with Gasteiger partial charge in [-0.05, 0) is 33.2 Å². The quantitative estimate of drug-likeness (QED) is 0.0598. The van der Waals surface area contributed by atoms with Crippen molar-refractivity contribution >= 4 is 42.4 Å². The zero-order valence-electron chi connectivity index (χ0n) is 24.4. The van der Waals surface area contributed by atoms with Crippen molar-refractivity contribution in [3.63, 3.8) is 0 Å². The molecule has 2 aliphatic rings. The van der Waals surface area contributed by atoms with Crippen LogP contribution >= 0.6 is 32.1 Å². The normalized spacial score (nSPS) is 26.3. The van der Waals surface area contributed by atoms with Crippen LogP contribution in [0.4, 0.5) is 4.39 Å². The van der Waals surface area contributed by atoms with Crippen molar-refractivity contribution in [2.75, 3.05) is 44.5 Å². The van der Waals surface area contributed by atoms with E-state index >= 15 is 4.39 Å². The summed E-state index contributed by atoms with van der Waals surface area (Å²) in [5.74, 6) is 0.258. The first-order valence-electron chi connectivity index (χ1n) is 13.3. The van der Waals surface area contributed by atoms with Crippen LogP contribution in [0.1, 0.15) is 33.9 Å². The molecule has 1 saturated carbocycles. The highest BCUT2D eigenvalue weighted by Gasteiger charge is 2.89. The maximum atomic E-state index is 15.8. The Labute approximate surface area is 260 Å². The molecule has 3 rings (SSSR count). The maximum absolute atomic E-state index is 15.8. The molecule has 4 N–H and O–H groups in total. The summed E-state index contributed by atoms with van der Waals surface area (Å²) in [6.07, 6.45) is -4.47. The fourth-order valence-corrected chi connectivity index (χ4v) is 7.12. The predicted molar refractivity (Wildman–Crippen MR) is 158 cm³/mol. The summed E-state index contributed by atoms with van der Waals surface area (Å²) in [6, 6.07) is 0.968. The number of nitrogens with one attached hydrogen (secondary N) is 1. The number of azide groups is 1. The number of hydrogen-bond acceptors (Lipinski definition) is 14. The first kappa shape index (κ1) is 36.6. The number of aromatic amines is 1. The maximum Gasteiger partial charge on any atom is 0.333 e. The van der Waals surface area contributed by atoms with E-state index in [1.165, 1.54) is 0 Å². The number of halogens is 1. The SMILES string of the molecule is CC(C)(CO)C(=O)SCCOP(OCCSC(=O)C(C)(C)CO)OC1[C@@]2(CN=[N+]=[N-])O[C@@H](n3ccc(=O)[nH]c3=O)[C@H](F)[C@@]12O. The van der Waals surface area contributed by atoms with E-state index in [2.05, 4.69) is 10.0 Å². The van der Waals surface area contributed by atoms with Crippen LogP contribution in [0, 0.1) is 10.8 Å². The summed E-state index contributed by atoms with van der Waals surface area (Å²) in [7, 11) is -2.37. The number of fused-ring (bicyclic) bond motifs is 1. The molecule has 0 aromatic carbocycles. The molecule has 1 saturated heterocycles. The van der Waals surface area contributed by atoms with Crippen LogP contribution in [0.25, 0.3) is 10.4 Å². The van der Waals surface area contributed by atoms with E-state index in [1.54, 1.807) is 27.7 Å². The Morgan fingerprint density at radius 3 is 2.18 bits per heavy atom. The van der Waals surface area contributed by atoms with Crippen molar-refractivity contribution in [1.29, 1.82) is 0 Å². The van der Waals surface area contributed by atoms with Gasteiger partial charge in [-0.2, -0.15) is 0 Å². The zero-order chi connectivity index (χ0) is 32.9. The first-order chi connectivity index (χ1) is 20.6. The van der Waals surface area contributed by atoms with E-state index in [4.69, 9.17) is 23.8 Å². The highest BCUT2D eigenvalue weighted by atomic mass is 32.2. The van der Waals surface area contributed by atoms with Gasteiger partial charge in [-0.25, -0.2) is 9.18 Å². The lowest BCUT2D eigenvalue weighted by Gasteiger charge is -2.25. The van der Waals surface area contributed by atoms with Gasteiger partial charge >= 0.3 is 14.3 Å². The number of thioether (sulfide) groups is 2. The van der Waals surface area contributed by atoms with Gasteiger partial charge in [0.25, 0.3) is 5.56 Å². The third-order valence-corrected chi connectivity index (χ3v) is 10.6. The second-order valence-corrected chi connectivity index (χ2v) is 14.6. The van der Waals surface area contributed by atoms with E-state index in [9.17, 15) is 34.5 Å². The van der Waals surface area contributed by atoms with Crippen LogP contribution in [0.5, 0.6) is 0 Å². The van der Waals surface area contributed by atoms with E-state index in [0.717, 1.165) is 40.4 Å². The highest BCUT2D eigenvalue weighted by molar-refractivity contribution is 8.14. The Bertz CT molecular complexity index is 1340. The molecule has 44 heavy (non-hydrogen) atoms. The summed E-state index contributed by atoms with van der Waals surface area (Å²) >= 11 is 1.81. The largest absolute Gasteiger partial charge is 0.395 e. The number of aromatic nitrogens is 2. The fourth-order valence-electron chi connectivity index (χ4n) is 4.08. The van der Waals surface area contributed by atoms with Crippen LogP contribution in [0.3, 0.4) is 0 Å². The smallest absolute Gasteiger partial charge is 0.333 e. The first-order valence-corrected chi connectivity index (χ1v) is 16.3. The third-order valence-electron chi connectivity index (χ3n) is 7.03. The number of aliphatic hydroxyl groups excluding tert-OH is 2. The number of aliphatic hydroxyl groups is 3. The molecule has 20 heteroatoms. The standard InChI is InChI=1S/C24H35FN5O11PS2/c1-21(2,12-31)18(34)43-9-7-38-42(39-8-10-44-19(35)22(3,4)13-32)41-17-23(11-27-29-26)24(17,37)15(25)16(40-23)30-6-5-14(33)28-20(30)36/h5-6,15-17,31-32,37H,7-13H2,1-4H3,(H,28,33,36)/t15-,16+,17?,23+,24+/m0/s1. The van der Waals surface area contributed by atoms with E-state index in [1.807, 2.05) is 4.98 Å². The number of hydrogen-bond donors (Lipinski definition) is 4. The van der Waals surface area contributed by atoms with Crippen molar-refractivity contribution in [3.05, 3.63) is 43.5 Å². The number of nitrogens with zero attached hydrogens (tertiary/aromatic N) is 4. The number of carbonyl (C=O) groups is 2. The van der Waals surface area contributed by atoms with E-state index < -0.39 is 66.9 Å². The van der Waals surface area contributed by atoms with Crippen LogP contribution in [0.15, 0.2) is 27.0 Å². The molecule has 2 fully saturated rings. The Balaban J connectivity index is 1.74. The fraction of sp³-hybridized carbons (Fsp3) is 0.750. The minimum Gasteiger partial charge on any atom is -0.395 e. The molecule has 0 spiro atoms. The van der Waals surface area contributed by atoms with Gasteiger partial charge in [0.15, 0.2) is 28.2 Å². The van der Waals surface area contributed by atoms with Gasteiger partial charge in [0.05, 0.1) is 43.8 Å². The van der Waals surface area contributed by atoms with E-state index in [0.29, 0.717) is 0 Å². The van der Waals surface area contributed by atoms with Crippen LogP contribution in [-0.2, 0) is 27.9 Å². The molecular formula is C24H35FN5O11PS2. The number of H-pyrrole nitrogens is 1. The lowest BCUT2D eigenvalue weighted by molar-refractivity contribution is -0.120. The second kappa shape index (κ2) is 14.7. The molecule has 0 radical (unpaired) electrons. The lowest BCUT2D eigenvalue weighted by atomic mass is 9.97. The average Bonchev–Trinajstić information content (AvgIpc) is 3.39. The molecule has 5 atom stereocenters. The summed E-state index contributed by atoms with van der Waals surface area (Å²) in [5.41, 5.74) is 0.878. The molecule has 1 aliphatic carbocycles. The molecule has 1 aliphatic heterocycles. The molecule has 0 amide bonds. The van der Waals surface area contributed by atoms with Crippen LogP contribution in [-0.4, -0.2) is 103 Å². The molecule has 1 aromatic heterocycles. The second-order valence-electron chi connectivity index (χ2n) is 11.3. The topological polar surface area (TPSA) is 235 Å². The Kier molecular flexibility index (Phi) is 12.2. The van der Waals surface area contributed by atoms with Gasteiger partial charge in [0, 0.05) is 28.7 Å². The van der Waals surface area contributed by atoms with Crippen molar-refractivity contribution in [2.45, 2.75) is 57.4 Å². The van der Waals surface area contributed by atoms with Crippen molar-refractivity contribution in [3.8, 4) is 0 Å². The van der Waals surface area contributed by atoms with E-state index in [-0.39, 0.29) is 48.2 Å². The van der Waals surface area contributed by atoms with Gasteiger partial charge in [-0.15, -0.1) is 0 Å². The molecular weight excluding hydrogens is 648 g/mol. The molecule has 246 valence electrons. The summed E-state index contributed by atoms with van der Waals surface area (Å²) in [5, 5.41) is 33.0. The monoisotopic (exact) mass is 683 g/mol. The minimum absolute atomic E-state index is 0.100. The number of alkyl halides is 1. The molecule has 1 unspecified atom stereocenters. The van der Waals surface area contributed by atoms with Crippen LogP contribution in [0.2, 0.25) is 0 Å². The Hall–Kier alpha value is -1.89. The third kappa shape index (κ3) is 7.56. The number of ether oxygens (including phenoxy) is 1. The van der Waals surface area contributed by atoms with Gasteiger partial charge in [-0.1, -0.05) is 28.6 Å². The number of carbonyl (C=O) groups excluding carboxylic acids is 2. The van der Waals surface area contributed by atoms with Gasteiger partial charge in [0.2, 0.25) is 0 Å².